The minimum atomic E-state index is -0.129. The Bertz CT molecular complexity index is 977. The fourth-order valence-electron chi connectivity index (χ4n) is 4.57. The number of nitrogens with zero attached hydrogens (tertiary/aromatic N) is 2. The van der Waals surface area contributed by atoms with Crippen LogP contribution in [0, 0.1) is 0 Å². The Labute approximate surface area is 184 Å². The Kier molecular flexibility index (Phi) is 6.33. The average Bonchev–Trinajstić information content (AvgIpc) is 3.09. The molecule has 31 heavy (non-hydrogen) atoms. The fraction of sp³-hybridized carbons (Fsp3) is 0.423. The highest BCUT2D eigenvalue weighted by Gasteiger charge is 2.32. The van der Waals surface area contributed by atoms with Crippen LogP contribution in [0.15, 0.2) is 42.2 Å². The van der Waals surface area contributed by atoms with Gasteiger partial charge >= 0.3 is 0 Å². The van der Waals surface area contributed by atoms with Gasteiger partial charge in [-0.3, -0.25) is 9.69 Å². The molecule has 2 aliphatic rings. The molecule has 1 fully saturated rings. The van der Waals surface area contributed by atoms with E-state index in [1.165, 1.54) is 6.42 Å². The monoisotopic (exact) mass is 420 g/mol. The molecule has 1 saturated heterocycles. The number of carbonyl (C=O) groups is 1. The van der Waals surface area contributed by atoms with Crippen LogP contribution in [0.1, 0.15) is 61.5 Å². The van der Waals surface area contributed by atoms with Crippen LogP contribution in [0.4, 0.5) is 5.69 Å². The normalized spacial score (nSPS) is 20.0. The molecule has 1 atom stereocenters. The van der Waals surface area contributed by atoms with Crippen molar-refractivity contribution in [1.29, 1.82) is 0 Å². The number of phenolic OH excluding ortho intramolecular Hbond substituents is 1. The summed E-state index contributed by atoms with van der Waals surface area (Å²) in [6.45, 7) is 10.00. The van der Waals surface area contributed by atoms with Crippen molar-refractivity contribution >= 4 is 17.5 Å². The second-order valence-electron chi connectivity index (χ2n) is 8.46. The summed E-state index contributed by atoms with van der Waals surface area (Å²) in [6, 6.07) is 11.9. The Morgan fingerprint density at radius 3 is 2.55 bits per heavy atom. The van der Waals surface area contributed by atoms with Crippen LogP contribution < -0.4 is 9.64 Å². The molecular weight excluding hydrogens is 388 g/mol. The molecule has 2 aromatic carbocycles. The summed E-state index contributed by atoms with van der Waals surface area (Å²) >= 11 is 0. The number of ketones is 1. The number of ether oxygens (including phenoxy) is 1. The lowest BCUT2D eigenvalue weighted by Gasteiger charge is -2.33. The highest BCUT2D eigenvalue weighted by atomic mass is 16.5. The third kappa shape index (κ3) is 4.33. The molecule has 2 heterocycles. The summed E-state index contributed by atoms with van der Waals surface area (Å²) in [7, 11) is 0. The van der Waals surface area contributed by atoms with Crippen molar-refractivity contribution in [3.05, 3.63) is 58.8 Å². The number of hydrogen-bond acceptors (Lipinski definition) is 5. The van der Waals surface area contributed by atoms with E-state index in [0.29, 0.717) is 35.2 Å². The minimum absolute atomic E-state index is 0.129. The van der Waals surface area contributed by atoms with E-state index >= 15 is 0 Å². The quantitative estimate of drug-likeness (QED) is 0.649. The molecule has 1 N–H and O–H groups in total. The van der Waals surface area contributed by atoms with E-state index in [1.807, 2.05) is 12.1 Å². The zero-order valence-corrected chi connectivity index (χ0v) is 18.7. The van der Waals surface area contributed by atoms with Crippen LogP contribution in [0.25, 0.3) is 6.08 Å². The van der Waals surface area contributed by atoms with Crippen molar-refractivity contribution in [2.75, 3.05) is 24.5 Å². The van der Waals surface area contributed by atoms with Crippen molar-refractivity contribution in [2.24, 2.45) is 0 Å². The van der Waals surface area contributed by atoms with Gasteiger partial charge in [0.1, 0.15) is 11.5 Å². The SMILES string of the molecule is CCN(CC)c1ccc(/C=C2\Oc3c(ccc(O)c3CN3CCCCC3C)C2=O)cc1. The summed E-state index contributed by atoms with van der Waals surface area (Å²) in [5, 5.41) is 10.5. The van der Waals surface area contributed by atoms with Gasteiger partial charge < -0.3 is 14.7 Å². The molecule has 0 bridgehead atoms. The van der Waals surface area contributed by atoms with Gasteiger partial charge in [-0.15, -0.1) is 0 Å². The number of aromatic hydroxyl groups is 1. The predicted molar refractivity (Wildman–Crippen MR) is 125 cm³/mol. The number of anilines is 1. The van der Waals surface area contributed by atoms with Crippen LogP contribution in [0.2, 0.25) is 0 Å². The molecule has 0 amide bonds. The Morgan fingerprint density at radius 1 is 1.13 bits per heavy atom. The highest BCUT2D eigenvalue weighted by Crippen LogP contribution is 2.40. The molecule has 4 rings (SSSR count). The van der Waals surface area contributed by atoms with Crippen molar-refractivity contribution in [1.82, 2.24) is 4.90 Å². The fourth-order valence-corrected chi connectivity index (χ4v) is 4.57. The summed E-state index contributed by atoms with van der Waals surface area (Å²) in [5.74, 6) is 0.878. The summed E-state index contributed by atoms with van der Waals surface area (Å²) < 4.78 is 6.05. The average molecular weight is 421 g/mol. The van der Waals surface area contributed by atoms with Gasteiger partial charge in [0.05, 0.1) is 11.1 Å². The van der Waals surface area contributed by atoms with Crippen LogP contribution in [-0.2, 0) is 6.54 Å². The number of fused-ring (bicyclic) bond motifs is 1. The lowest BCUT2D eigenvalue weighted by molar-refractivity contribution is 0.101. The number of phenols is 1. The van der Waals surface area contributed by atoms with E-state index in [-0.39, 0.29) is 11.5 Å². The van der Waals surface area contributed by atoms with E-state index < -0.39 is 0 Å². The number of benzene rings is 2. The van der Waals surface area contributed by atoms with Gasteiger partial charge in [0.15, 0.2) is 5.76 Å². The third-order valence-corrected chi connectivity index (χ3v) is 6.54. The Hall–Kier alpha value is -2.79. The van der Waals surface area contributed by atoms with Crippen LogP contribution in [0.3, 0.4) is 0 Å². The van der Waals surface area contributed by atoms with Crippen molar-refractivity contribution in [3.8, 4) is 11.5 Å². The molecule has 5 heteroatoms. The van der Waals surface area contributed by atoms with E-state index in [2.05, 4.69) is 42.7 Å². The summed E-state index contributed by atoms with van der Waals surface area (Å²) in [5.41, 5.74) is 3.32. The second kappa shape index (κ2) is 9.15. The highest BCUT2D eigenvalue weighted by molar-refractivity contribution is 6.15. The maximum atomic E-state index is 13.0. The van der Waals surface area contributed by atoms with Crippen LogP contribution >= 0.6 is 0 Å². The molecule has 0 radical (unpaired) electrons. The first-order valence-corrected chi connectivity index (χ1v) is 11.4. The van der Waals surface area contributed by atoms with Gasteiger partial charge in [-0.2, -0.15) is 0 Å². The topological polar surface area (TPSA) is 53.0 Å². The van der Waals surface area contributed by atoms with Gasteiger partial charge in [0.25, 0.3) is 0 Å². The van der Waals surface area contributed by atoms with E-state index in [4.69, 9.17) is 4.74 Å². The Balaban J connectivity index is 1.59. The maximum absolute atomic E-state index is 13.0. The zero-order chi connectivity index (χ0) is 22.0. The third-order valence-electron chi connectivity index (χ3n) is 6.54. The van der Waals surface area contributed by atoms with E-state index in [9.17, 15) is 9.90 Å². The van der Waals surface area contributed by atoms with Crippen molar-refractivity contribution in [3.63, 3.8) is 0 Å². The number of likely N-dealkylation sites (tertiary alicyclic amines) is 1. The predicted octanol–water partition coefficient (Wildman–Crippen LogP) is 5.23. The van der Waals surface area contributed by atoms with Gasteiger partial charge in [-0.05, 0) is 76.1 Å². The van der Waals surface area contributed by atoms with Crippen molar-refractivity contribution < 1.29 is 14.6 Å². The first kappa shape index (κ1) is 21.4. The minimum Gasteiger partial charge on any atom is -0.507 e. The van der Waals surface area contributed by atoms with Gasteiger partial charge in [-0.1, -0.05) is 18.6 Å². The number of allylic oxidation sites excluding steroid dienone is 1. The number of piperidine rings is 1. The molecule has 0 saturated carbocycles. The molecule has 2 aromatic rings. The lowest BCUT2D eigenvalue weighted by Crippen LogP contribution is -2.36. The van der Waals surface area contributed by atoms with Gasteiger partial charge in [0, 0.05) is 31.4 Å². The molecule has 164 valence electrons. The molecular formula is C26H32N2O3. The van der Waals surface area contributed by atoms with Crippen LogP contribution in [0.5, 0.6) is 11.5 Å². The summed E-state index contributed by atoms with van der Waals surface area (Å²) in [6.07, 6.45) is 5.35. The lowest BCUT2D eigenvalue weighted by atomic mass is 10.0. The van der Waals surface area contributed by atoms with E-state index in [1.54, 1.807) is 18.2 Å². The molecule has 2 aliphatic heterocycles. The van der Waals surface area contributed by atoms with Gasteiger partial charge in [-0.25, -0.2) is 0 Å². The zero-order valence-electron chi connectivity index (χ0n) is 18.7. The number of hydrogen-bond donors (Lipinski definition) is 1. The number of Topliss-reactive ketones (excluding diaryl/α,β-unsaturated/α-hetero) is 1. The second-order valence-corrected chi connectivity index (χ2v) is 8.46. The first-order chi connectivity index (χ1) is 15.0. The molecule has 1 unspecified atom stereocenters. The number of rotatable bonds is 6. The molecule has 0 aromatic heterocycles. The summed E-state index contributed by atoms with van der Waals surface area (Å²) in [4.78, 5) is 17.6. The van der Waals surface area contributed by atoms with E-state index in [0.717, 1.165) is 43.7 Å². The molecule has 5 nitrogen and oxygen atoms in total. The first-order valence-electron chi connectivity index (χ1n) is 11.4. The smallest absolute Gasteiger partial charge is 0.231 e. The van der Waals surface area contributed by atoms with Gasteiger partial charge in [0.2, 0.25) is 5.78 Å². The van der Waals surface area contributed by atoms with Crippen molar-refractivity contribution in [2.45, 2.75) is 52.6 Å². The Morgan fingerprint density at radius 2 is 1.87 bits per heavy atom. The maximum Gasteiger partial charge on any atom is 0.231 e. The molecule has 0 aliphatic carbocycles. The standard InChI is InChI=1S/C26H32N2O3/c1-4-27(5-2)20-11-9-19(10-12-20)16-24-25(30)21-13-14-23(29)22(26(21)31-24)17-28-15-7-6-8-18(28)3/h9-14,16,18,29H,4-8,15,17H2,1-3H3/b24-16-. The van der Waals surface area contributed by atoms with Crippen LogP contribution in [-0.4, -0.2) is 41.5 Å². The number of carbonyl (C=O) groups excluding carboxylic acids is 1. The molecule has 0 spiro atoms. The largest absolute Gasteiger partial charge is 0.507 e.